The summed E-state index contributed by atoms with van der Waals surface area (Å²) in [7, 11) is 0. The Hall–Kier alpha value is -2.22. The van der Waals surface area contributed by atoms with Crippen molar-refractivity contribution in [1.82, 2.24) is 0 Å². The highest BCUT2D eigenvalue weighted by Crippen LogP contribution is 2.34. The molecule has 2 heteroatoms. The van der Waals surface area contributed by atoms with Crippen LogP contribution in [0.5, 0.6) is 0 Å². The Labute approximate surface area is 135 Å². The van der Waals surface area contributed by atoms with Crippen LogP contribution in [0.3, 0.4) is 0 Å². The standard InChI is InChI=1S/C20H28N2/c1-9-13(3)11-21-19-15(5)17(7)20(18(8)16(19)6)22-12-14(4)10-2/h9-10,21-22H,1-4,11-12H2,5-8H3. The molecule has 0 unspecified atom stereocenters. The summed E-state index contributed by atoms with van der Waals surface area (Å²) in [6.07, 6.45) is 3.57. The van der Waals surface area contributed by atoms with Crippen molar-refractivity contribution in [2.75, 3.05) is 23.7 Å². The monoisotopic (exact) mass is 296 g/mol. The van der Waals surface area contributed by atoms with Crippen molar-refractivity contribution in [2.45, 2.75) is 27.7 Å². The summed E-state index contributed by atoms with van der Waals surface area (Å²) in [4.78, 5) is 0. The van der Waals surface area contributed by atoms with Gasteiger partial charge in [0, 0.05) is 24.5 Å². The molecule has 1 rings (SSSR count). The second-order valence-electron chi connectivity index (χ2n) is 5.68. The Balaban J connectivity index is 3.14. The number of nitrogens with one attached hydrogen (secondary N) is 2. The normalized spacial score (nSPS) is 10.0. The fourth-order valence-corrected chi connectivity index (χ4v) is 2.39. The molecule has 0 heterocycles. The van der Waals surface area contributed by atoms with Gasteiger partial charge in [-0.25, -0.2) is 0 Å². The Bertz CT molecular complexity index is 537. The molecule has 0 saturated heterocycles. The zero-order valence-electron chi connectivity index (χ0n) is 14.4. The zero-order valence-corrected chi connectivity index (χ0v) is 14.4. The smallest absolute Gasteiger partial charge is 0.0409 e. The fourth-order valence-electron chi connectivity index (χ4n) is 2.39. The molecule has 2 nitrogen and oxygen atoms in total. The summed E-state index contributed by atoms with van der Waals surface area (Å²) in [6, 6.07) is 0. The number of hydrogen-bond acceptors (Lipinski definition) is 2. The molecule has 0 atom stereocenters. The lowest BCUT2D eigenvalue weighted by atomic mass is 9.95. The summed E-state index contributed by atoms with van der Waals surface area (Å²) in [5, 5.41) is 6.97. The fraction of sp³-hybridized carbons (Fsp3) is 0.300. The number of hydrogen-bond donors (Lipinski definition) is 2. The molecule has 0 aliphatic heterocycles. The highest BCUT2D eigenvalue weighted by molar-refractivity contribution is 5.73. The van der Waals surface area contributed by atoms with E-state index in [0.717, 1.165) is 11.1 Å². The first-order valence-corrected chi connectivity index (χ1v) is 7.52. The first kappa shape index (κ1) is 17.8. The van der Waals surface area contributed by atoms with Gasteiger partial charge in [0.25, 0.3) is 0 Å². The predicted octanol–water partition coefficient (Wildman–Crippen LogP) is 5.23. The van der Waals surface area contributed by atoms with Gasteiger partial charge in [0.1, 0.15) is 0 Å². The zero-order chi connectivity index (χ0) is 16.9. The molecule has 118 valence electrons. The molecule has 22 heavy (non-hydrogen) atoms. The summed E-state index contributed by atoms with van der Waals surface area (Å²) in [5.41, 5.74) is 9.37. The van der Waals surface area contributed by atoms with Gasteiger partial charge < -0.3 is 10.6 Å². The Morgan fingerprint density at radius 3 is 1.23 bits per heavy atom. The van der Waals surface area contributed by atoms with E-state index in [0.29, 0.717) is 13.1 Å². The van der Waals surface area contributed by atoms with Gasteiger partial charge in [0.2, 0.25) is 0 Å². The molecule has 1 aromatic carbocycles. The van der Waals surface area contributed by atoms with Crippen molar-refractivity contribution in [3.8, 4) is 0 Å². The SMILES string of the molecule is C=CC(=C)CNc1c(C)c(C)c(NCC(=C)C=C)c(C)c1C. The van der Waals surface area contributed by atoms with Gasteiger partial charge in [-0.3, -0.25) is 0 Å². The van der Waals surface area contributed by atoms with E-state index >= 15 is 0 Å². The Morgan fingerprint density at radius 1 is 0.727 bits per heavy atom. The molecule has 0 fully saturated rings. The minimum atomic E-state index is 0.712. The van der Waals surface area contributed by atoms with Gasteiger partial charge in [-0.15, -0.1) is 0 Å². The lowest BCUT2D eigenvalue weighted by Gasteiger charge is -2.22. The van der Waals surface area contributed by atoms with Crippen LogP contribution in [-0.2, 0) is 0 Å². The number of benzene rings is 1. The lowest BCUT2D eigenvalue weighted by molar-refractivity contribution is 1.16. The van der Waals surface area contributed by atoms with Crippen LogP contribution in [0.1, 0.15) is 22.3 Å². The van der Waals surface area contributed by atoms with Gasteiger partial charge in [0.15, 0.2) is 0 Å². The average molecular weight is 296 g/mol. The van der Waals surface area contributed by atoms with Crippen LogP contribution < -0.4 is 10.6 Å². The summed E-state index contributed by atoms with van der Waals surface area (Å²) < 4.78 is 0. The van der Waals surface area contributed by atoms with Crippen molar-refractivity contribution in [1.29, 1.82) is 0 Å². The third-order valence-electron chi connectivity index (χ3n) is 4.19. The Morgan fingerprint density at radius 2 is 1.00 bits per heavy atom. The van der Waals surface area contributed by atoms with E-state index in [-0.39, 0.29) is 0 Å². The van der Waals surface area contributed by atoms with Crippen LogP contribution in [-0.4, -0.2) is 13.1 Å². The topological polar surface area (TPSA) is 24.1 Å². The van der Waals surface area contributed by atoms with E-state index in [1.807, 2.05) is 0 Å². The van der Waals surface area contributed by atoms with E-state index in [1.54, 1.807) is 12.2 Å². The largest absolute Gasteiger partial charge is 0.381 e. The van der Waals surface area contributed by atoms with E-state index in [2.05, 4.69) is 64.6 Å². The van der Waals surface area contributed by atoms with E-state index in [9.17, 15) is 0 Å². The van der Waals surface area contributed by atoms with Crippen molar-refractivity contribution in [3.63, 3.8) is 0 Å². The molecule has 0 spiro atoms. The van der Waals surface area contributed by atoms with Crippen molar-refractivity contribution >= 4 is 11.4 Å². The van der Waals surface area contributed by atoms with Gasteiger partial charge in [-0.2, -0.15) is 0 Å². The van der Waals surface area contributed by atoms with Gasteiger partial charge in [-0.1, -0.05) is 38.5 Å². The molecule has 0 amide bonds. The first-order chi connectivity index (χ1) is 10.3. The average Bonchev–Trinajstić information content (AvgIpc) is 2.52. The maximum Gasteiger partial charge on any atom is 0.0409 e. The minimum absolute atomic E-state index is 0.712. The van der Waals surface area contributed by atoms with E-state index in [1.165, 1.54) is 33.6 Å². The van der Waals surface area contributed by atoms with Crippen LogP contribution in [0.2, 0.25) is 0 Å². The molecule has 0 aliphatic carbocycles. The maximum absolute atomic E-state index is 3.96. The number of rotatable bonds is 8. The molecular formula is C20H28N2. The second kappa shape index (κ2) is 7.69. The molecule has 0 saturated carbocycles. The van der Waals surface area contributed by atoms with Gasteiger partial charge in [-0.05, 0) is 61.1 Å². The second-order valence-corrected chi connectivity index (χ2v) is 5.68. The molecule has 0 bridgehead atoms. The van der Waals surface area contributed by atoms with Crippen LogP contribution >= 0.6 is 0 Å². The van der Waals surface area contributed by atoms with E-state index < -0.39 is 0 Å². The third kappa shape index (κ3) is 3.91. The van der Waals surface area contributed by atoms with Crippen molar-refractivity contribution < 1.29 is 0 Å². The molecule has 0 aliphatic rings. The Kier molecular flexibility index (Phi) is 6.24. The van der Waals surface area contributed by atoms with Gasteiger partial charge in [0.05, 0.1) is 0 Å². The molecule has 1 aromatic rings. The summed E-state index contributed by atoms with van der Waals surface area (Å²) >= 11 is 0. The molecular weight excluding hydrogens is 268 g/mol. The van der Waals surface area contributed by atoms with Crippen LogP contribution in [0, 0.1) is 27.7 Å². The summed E-state index contributed by atoms with van der Waals surface area (Å²) in [5.74, 6) is 0. The highest BCUT2D eigenvalue weighted by Gasteiger charge is 2.14. The molecule has 0 radical (unpaired) electrons. The van der Waals surface area contributed by atoms with E-state index in [4.69, 9.17) is 0 Å². The predicted molar refractivity (Wildman–Crippen MR) is 101 cm³/mol. The van der Waals surface area contributed by atoms with Gasteiger partial charge >= 0.3 is 0 Å². The molecule has 2 N–H and O–H groups in total. The third-order valence-corrected chi connectivity index (χ3v) is 4.19. The highest BCUT2D eigenvalue weighted by atomic mass is 14.9. The van der Waals surface area contributed by atoms with Crippen molar-refractivity contribution in [3.05, 3.63) is 71.9 Å². The lowest BCUT2D eigenvalue weighted by Crippen LogP contribution is -2.12. The van der Waals surface area contributed by atoms with Crippen LogP contribution in [0.4, 0.5) is 11.4 Å². The van der Waals surface area contributed by atoms with Crippen molar-refractivity contribution in [2.24, 2.45) is 0 Å². The van der Waals surface area contributed by atoms with Crippen LogP contribution in [0.25, 0.3) is 0 Å². The maximum atomic E-state index is 3.96. The minimum Gasteiger partial charge on any atom is -0.381 e. The van der Waals surface area contributed by atoms with Crippen LogP contribution in [0.15, 0.2) is 49.6 Å². The molecule has 0 aromatic heterocycles. The first-order valence-electron chi connectivity index (χ1n) is 7.52. The summed E-state index contributed by atoms with van der Waals surface area (Å²) in [6.45, 7) is 25.4. The quantitative estimate of drug-likeness (QED) is 0.642. The number of anilines is 2.